The smallest absolute Gasteiger partial charge is 0.547 e. The molecule has 0 bridgehead atoms. The molecule has 0 saturated heterocycles. The average Bonchev–Trinajstić information content (AvgIpc) is 3.12. The van der Waals surface area contributed by atoms with E-state index in [1.54, 1.807) is 0 Å². The van der Waals surface area contributed by atoms with Gasteiger partial charge in [-0.3, -0.25) is 0 Å². The molecule has 0 aromatic carbocycles. The molecule has 0 rings (SSSR count). The molecule has 0 saturated carbocycles. The first-order valence-electron chi connectivity index (χ1n) is 13.8. The Balaban J connectivity index is -0.000000192. The average molecular weight is 973 g/mol. The number of carboxylic acid groups (broad SMARTS) is 4. The molecule has 1 radical (unpaired) electrons. The molecule has 53 heavy (non-hydrogen) atoms. The van der Waals surface area contributed by atoms with Crippen LogP contribution in [0.3, 0.4) is 0 Å². The summed E-state index contributed by atoms with van der Waals surface area (Å²) in [4.78, 5) is 39.9. The molecule has 0 spiro atoms. The van der Waals surface area contributed by atoms with Crippen molar-refractivity contribution in [2.75, 3.05) is 26.4 Å². The summed E-state index contributed by atoms with van der Waals surface area (Å²) >= 11 is 0. The van der Waals surface area contributed by atoms with Gasteiger partial charge in [-0.15, -0.1) is 0 Å². The molecule has 0 aliphatic rings. The fourth-order valence-corrected chi connectivity index (χ4v) is 2.65. The van der Waals surface area contributed by atoms with Crippen LogP contribution < -0.4 is 20.4 Å². The van der Waals surface area contributed by atoms with E-state index in [2.05, 4.69) is 0 Å². The van der Waals surface area contributed by atoms with Crippen LogP contribution in [-0.2, 0) is 39.3 Å². The van der Waals surface area contributed by atoms with E-state index >= 15 is 0 Å². The standard InChI is InChI=1S/4C6H12O7.Ir/c4*7-1-2(8)3(9)4(10)5(11)6(12)13;/h4*2-5,7-11H,1H2,(H,12,13);/q;;;;+4/p-4/t4*2-,3-,4+,5-;/m1111./s1. The number of carboxylic acids is 4. The quantitative estimate of drug-likeness (QED) is 0.0539. The van der Waals surface area contributed by atoms with E-state index in [1.807, 2.05) is 0 Å². The van der Waals surface area contributed by atoms with Crippen molar-refractivity contribution in [3.8, 4) is 0 Å². The Labute approximate surface area is 309 Å². The van der Waals surface area contributed by atoms with Gasteiger partial charge < -0.3 is 142 Å². The molecular formula is C24H44IrO28. The predicted octanol–water partition coefficient (Wildman–Crippen LogP) is -19.3. The maximum Gasteiger partial charge on any atom is 4.00 e. The Morgan fingerprint density at radius 2 is 0.415 bits per heavy atom. The summed E-state index contributed by atoms with van der Waals surface area (Å²) in [5.41, 5.74) is 0. The molecule has 0 aromatic heterocycles. The van der Waals surface area contributed by atoms with Gasteiger partial charge in [-0.1, -0.05) is 0 Å². The predicted molar refractivity (Wildman–Crippen MR) is 144 cm³/mol. The van der Waals surface area contributed by atoms with Crippen molar-refractivity contribution >= 4 is 23.9 Å². The van der Waals surface area contributed by atoms with Crippen LogP contribution in [0.1, 0.15) is 0 Å². The molecule has 0 heterocycles. The van der Waals surface area contributed by atoms with Gasteiger partial charge >= 0.3 is 20.1 Å². The Morgan fingerprint density at radius 3 is 0.491 bits per heavy atom. The monoisotopic (exact) mass is 973 g/mol. The van der Waals surface area contributed by atoms with Gasteiger partial charge in [0.25, 0.3) is 0 Å². The van der Waals surface area contributed by atoms with Crippen molar-refractivity contribution in [3.05, 3.63) is 0 Å². The largest absolute Gasteiger partial charge is 4.00 e. The molecule has 16 atom stereocenters. The first-order chi connectivity index (χ1) is 23.7. The summed E-state index contributed by atoms with van der Waals surface area (Å²) in [6.07, 6.45) is -32.3. The summed E-state index contributed by atoms with van der Waals surface area (Å²) < 4.78 is 0. The number of aliphatic hydroxyl groups is 20. The van der Waals surface area contributed by atoms with E-state index in [-0.39, 0.29) is 20.1 Å². The minimum absolute atomic E-state index is 0. The van der Waals surface area contributed by atoms with Gasteiger partial charge in [0.1, 0.15) is 97.7 Å². The second-order valence-electron chi connectivity index (χ2n) is 9.98. The Morgan fingerprint density at radius 1 is 0.302 bits per heavy atom. The number of rotatable bonds is 20. The number of hydrogen-bond acceptors (Lipinski definition) is 28. The van der Waals surface area contributed by atoms with Crippen molar-refractivity contribution in [2.24, 2.45) is 0 Å². The molecule has 0 amide bonds. The van der Waals surface area contributed by atoms with E-state index in [9.17, 15) is 39.6 Å². The number of hydrogen-bond donors (Lipinski definition) is 20. The van der Waals surface area contributed by atoms with E-state index in [0.29, 0.717) is 0 Å². The zero-order valence-electron chi connectivity index (χ0n) is 26.6. The topological polar surface area (TPSA) is 565 Å². The van der Waals surface area contributed by atoms with E-state index in [0.717, 1.165) is 0 Å². The Kier molecular flexibility index (Phi) is 35.1. The SMILES string of the molecule is O=C([O-])[C@H](O)[C@@H](O)[C@H](O)[C@H](O)CO.O=C([O-])[C@H](O)[C@@H](O)[C@H](O)[C@H](O)CO.O=C([O-])[C@H](O)[C@@H](O)[C@H](O)[C@H](O)CO.O=C([O-])[C@H](O)[C@@H](O)[C@H](O)[C@H](O)CO.[Ir+4]. The normalized spacial score (nSPS) is 20.0. The molecular weight excluding hydrogens is 928 g/mol. The van der Waals surface area contributed by atoms with Crippen molar-refractivity contribution < 1.29 is 162 Å². The van der Waals surface area contributed by atoms with Crippen molar-refractivity contribution in [2.45, 2.75) is 97.7 Å². The fraction of sp³-hybridized carbons (Fsp3) is 0.833. The zero-order chi connectivity index (χ0) is 42.4. The molecule has 20 N–H and O–H groups in total. The number of aliphatic carboxylic acids is 4. The second-order valence-corrected chi connectivity index (χ2v) is 9.98. The summed E-state index contributed by atoms with van der Waals surface area (Å²) in [6.45, 7) is -3.45. The minimum atomic E-state index is -2.31. The Bertz CT molecular complexity index is 841. The van der Waals surface area contributed by atoms with Crippen molar-refractivity contribution in [1.82, 2.24) is 0 Å². The molecule has 0 fully saturated rings. The third kappa shape index (κ3) is 23.3. The molecule has 317 valence electrons. The third-order valence-corrected chi connectivity index (χ3v) is 5.98. The number of carbonyl (C=O) groups is 4. The van der Waals surface area contributed by atoms with Gasteiger partial charge in [-0.25, -0.2) is 0 Å². The summed E-state index contributed by atoms with van der Waals surface area (Å²) in [6, 6.07) is 0. The fourth-order valence-electron chi connectivity index (χ4n) is 2.65. The molecule has 29 heteroatoms. The van der Waals surface area contributed by atoms with Gasteiger partial charge in [0.2, 0.25) is 0 Å². The van der Waals surface area contributed by atoms with Crippen LogP contribution in [0.2, 0.25) is 0 Å². The van der Waals surface area contributed by atoms with Crippen LogP contribution in [0.25, 0.3) is 0 Å². The minimum Gasteiger partial charge on any atom is -0.547 e. The van der Waals surface area contributed by atoms with Crippen LogP contribution in [0.4, 0.5) is 0 Å². The van der Waals surface area contributed by atoms with Gasteiger partial charge in [0.15, 0.2) is 0 Å². The van der Waals surface area contributed by atoms with Crippen LogP contribution in [0, 0.1) is 0 Å². The molecule has 28 nitrogen and oxygen atoms in total. The summed E-state index contributed by atoms with van der Waals surface area (Å²) in [7, 11) is 0. The van der Waals surface area contributed by atoms with Gasteiger partial charge in [0, 0.05) is 0 Å². The van der Waals surface area contributed by atoms with Crippen LogP contribution in [-0.4, -0.2) is 250 Å². The van der Waals surface area contributed by atoms with Gasteiger partial charge in [0.05, 0.1) is 50.3 Å². The zero-order valence-corrected chi connectivity index (χ0v) is 29.0. The van der Waals surface area contributed by atoms with Crippen LogP contribution >= 0.6 is 0 Å². The Hall–Kier alpha value is -2.27. The molecule has 0 aliphatic heterocycles. The number of aliphatic hydroxyl groups excluding tert-OH is 20. The van der Waals surface area contributed by atoms with Crippen molar-refractivity contribution in [1.29, 1.82) is 0 Å². The maximum absolute atomic E-state index is 9.98. The number of carbonyl (C=O) groups excluding carboxylic acids is 4. The summed E-state index contributed by atoms with van der Waals surface area (Å²) in [5.74, 6) is -7.90. The molecule has 0 unspecified atom stereocenters. The van der Waals surface area contributed by atoms with Gasteiger partial charge in [-0.2, -0.15) is 0 Å². The first kappa shape index (κ1) is 60.0. The molecule has 0 aromatic rings. The van der Waals surface area contributed by atoms with Crippen LogP contribution in [0.15, 0.2) is 0 Å². The van der Waals surface area contributed by atoms with E-state index in [1.165, 1.54) is 0 Å². The van der Waals surface area contributed by atoms with Crippen LogP contribution in [0.5, 0.6) is 0 Å². The first-order valence-corrected chi connectivity index (χ1v) is 13.8. The van der Waals surface area contributed by atoms with E-state index in [4.69, 9.17) is 102 Å². The summed E-state index contributed by atoms with van der Waals surface area (Å²) in [5, 5.41) is 214. The maximum atomic E-state index is 9.98. The van der Waals surface area contributed by atoms with E-state index < -0.39 is 148 Å². The molecule has 0 aliphatic carbocycles. The van der Waals surface area contributed by atoms with Crippen molar-refractivity contribution in [3.63, 3.8) is 0 Å². The van der Waals surface area contributed by atoms with Gasteiger partial charge in [-0.05, 0) is 0 Å². The third-order valence-electron chi connectivity index (χ3n) is 5.98. The second kappa shape index (κ2) is 31.0.